The van der Waals surface area contributed by atoms with Gasteiger partial charge in [-0.2, -0.15) is 0 Å². The summed E-state index contributed by atoms with van der Waals surface area (Å²) in [7, 11) is 3.81. The van der Waals surface area contributed by atoms with Crippen molar-refractivity contribution in [2.45, 2.75) is 6.04 Å². The van der Waals surface area contributed by atoms with E-state index < -0.39 is 5.92 Å². The molecule has 1 atom stereocenters. The lowest BCUT2D eigenvalue weighted by Gasteiger charge is -2.28. The molecule has 0 bridgehead atoms. The summed E-state index contributed by atoms with van der Waals surface area (Å²) < 4.78 is 0. The molecule has 1 aliphatic rings. The summed E-state index contributed by atoms with van der Waals surface area (Å²) in [6.45, 7) is 0. The van der Waals surface area contributed by atoms with Crippen molar-refractivity contribution in [1.29, 1.82) is 0 Å². The molecule has 3 rings (SSSR count). The fourth-order valence-corrected chi connectivity index (χ4v) is 3.09. The first-order valence-electron chi connectivity index (χ1n) is 7.00. The summed E-state index contributed by atoms with van der Waals surface area (Å²) in [5, 5.41) is 0. The Labute approximate surface area is 124 Å². The van der Waals surface area contributed by atoms with Crippen molar-refractivity contribution in [2.75, 3.05) is 14.1 Å². The molecule has 3 nitrogen and oxygen atoms in total. The number of carbonyl (C=O) groups is 2. The lowest BCUT2D eigenvalue weighted by molar-refractivity contribution is 0.0743. The maximum atomic E-state index is 12.7. The molecule has 2 aromatic rings. The van der Waals surface area contributed by atoms with Crippen LogP contribution < -0.4 is 0 Å². The molecule has 0 heterocycles. The number of carbonyl (C=O) groups excluding carboxylic acids is 2. The Balaban J connectivity index is 2.07. The van der Waals surface area contributed by atoms with E-state index in [0.717, 1.165) is 5.56 Å². The zero-order chi connectivity index (χ0) is 15.0. The van der Waals surface area contributed by atoms with Gasteiger partial charge in [0.2, 0.25) is 0 Å². The summed E-state index contributed by atoms with van der Waals surface area (Å²) in [4.78, 5) is 27.3. The smallest absolute Gasteiger partial charge is 0.176 e. The summed E-state index contributed by atoms with van der Waals surface area (Å²) >= 11 is 0. The van der Waals surface area contributed by atoms with Crippen LogP contribution in [0, 0.1) is 5.92 Å². The molecule has 106 valence electrons. The van der Waals surface area contributed by atoms with Gasteiger partial charge in [0.25, 0.3) is 0 Å². The molecule has 0 fully saturated rings. The van der Waals surface area contributed by atoms with Crippen LogP contribution in [0.5, 0.6) is 0 Å². The van der Waals surface area contributed by atoms with E-state index in [4.69, 9.17) is 0 Å². The van der Waals surface area contributed by atoms with Gasteiger partial charge in [-0.25, -0.2) is 0 Å². The normalized spacial score (nSPS) is 16.3. The van der Waals surface area contributed by atoms with Gasteiger partial charge in [0, 0.05) is 11.1 Å². The third kappa shape index (κ3) is 2.20. The van der Waals surface area contributed by atoms with E-state index in [1.165, 1.54) is 0 Å². The van der Waals surface area contributed by atoms with Crippen LogP contribution in [0.4, 0.5) is 0 Å². The maximum absolute atomic E-state index is 12.7. The van der Waals surface area contributed by atoms with E-state index >= 15 is 0 Å². The molecular weight excluding hydrogens is 262 g/mol. The second-order valence-corrected chi connectivity index (χ2v) is 5.57. The number of hydrogen-bond acceptors (Lipinski definition) is 3. The molecule has 0 spiro atoms. The summed E-state index contributed by atoms with van der Waals surface area (Å²) in [6, 6.07) is 16.6. The Bertz CT molecular complexity index is 656. The average molecular weight is 279 g/mol. The van der Waals surface area contributed by atoms with Crippen LogP contribution in [-0.2, 0) is 0 Å². The van der Waals surface area contributed by atoms with Crippen molar-refractivity contribution >= 4 is 11.6 Å². The molecular formula is C18H17NO2. The van der Waals surface area contributed by atoms with Gasteiger partial charge in [0.15, 0.2) is 11.6 Å². The van der Waals surface area contributed by atoms with Crippen molar-refractivity contribution in [1.82, 2.24) is 4.90 Å². The highest BCUT2D eigenvalue weighted by molar-refractivity contribution is 6.26. The van der Waals surface area contributed by atoms with E-state index in [2.05, 4.69) is 0 Å². The molecule has 21 heavy (non-hydrogen) atoms. The highest BCUT2D eigenvalue weighted by atomic mass is 16.2. The van der Waals surface area contributed by atoms with Crippen LogP contribution in [0.25, 0.3) is 0 Å². The second-order valence-electron chi connectivity index (χ2n) is 5.57. The molecule has 3 heteroatoms. The summed E-state index contributed by atoms with van der Waals surface area (Å²) in [5.41, 5.74) is 2.09. The topological polar surface area (TPSA) is 37.4 Å². The monoisotopic (exact) mass is 279 g/mol. The van der Waals surface area contributed by atoms with Crippen LogP contribution in [0.1, 0.15) is 32.3 Å². The van der Waals surface area contributed by atoms with Gasteiger partial charge in [-0.3, -0.25) is 9.59 Å². The first-order valence-corrected chi connectivity index (χ1v) is 7.00. The highest BCUT2D eigenvalue weighted by Crippen LogP contribution is 2.37. The maximum Gasteiger partial charge on any atom is 0.176 e. The van der Waals surface area contributed by atoms with Crippen molar-refractivity contribution < 1.29 is 9.59 Å². The molecule has 0 aromatic heterocycles. The van der Waals surface area contributed by atoms with Crippen LogP contribution in [-0.4, -0.2) is 30.6 Å². The molecule has 0 N–H and O–H groups in total. The van der Waals surface area contributed by atoms with Crippen molar-refractivity contribution in [3.63, 3.8) is 0 Å². The van der Waals surface area contributed by atoms with E-state index in [1.807, 2.05) is 49.3 Å². The number of hydrogen-bond donors (Lipinski definition) is 0. The van der Waals surface area contributed by atoms with Crippen molar-refractivity contribution in [3.8, 4) is 0 Å². The van der Waals surface area contributed by atoms with Crippen molar-refractivity contribution in [3.05, 3.63) is 71.3 Å². The third-order valence-corrected chi connectivity index (χ3v) is 4.04. The number of benzene rings is 2. The fourth-order valence-electron chi connectivity index (χ4n) is 3.09. The van der Waals surface area contributed by atoms with E-state index in [-0.39, 0.29) is 17.6 Å². The Hall–Kier alpha value is -2.26. The zero-order valence-electron chi connectivity index (χ0n) is 12.1. The Morgan fingerprint density at radius 2 is 1.29 bits per heavy atom. The molecule has 0 radical (unpaired) electrons. The minimum atomic E-state index is -0.653. The van der Waals surface area contributed by atoms with Crippen molar-refractivity contribution in [2.24, 2.45) is 5.92 Å². The summed E-state index contributed by atoms with van der Waals surface area (Å²) in [6.07, 6.45) is 0. The summed E-state index contributed by atoms with van der Waals surface area (Å²) in [5.74, 6) is -0.795. The predicted octanol–water partition coefficient (Wildman–Crippen LogP) is 2.98. The van der Waals surface area contributed by atoms with Crippen LogP contribution in [0.3, 0.4) is 0 Å². The first kappa shape index (κ1) is 13.7. The standard InChI is InChI=1S/C18H17NO2/c1-19(2)16(12-8-4-3-5-9-12)15-17(20)13-10-6-7-11-14(13)18(15)21/h3-11,15-16H,1-2H3. The number of fused-ring (bicyclic) bond motifs is 1. The first-order chi connectivity index (χ1) is 10.1. The SMILES string of the molecule is CN(C)C(c1ccccc1)C1C(=O)c2ccccc2C1=O. The average Bonchev–Trinajstić information content (AvgIpc) is 2.74. The van der Waals surface area contributed by atoms with Gasteiger partial charge < -0.3 is 4.90 Å². The molecule has 1 unspecified atom stereocenters. The number of nitrogens with zero attached hydrogens (tertiary/aromatic N) is 1. The number of ketones is 2. The van der Waals surface area contributed by atoms with E-state index in [0.29, 0.717) is 11.1 Å². The van der Waals surface area contributed by atoms with E-state index in [1.54, 1.807) is 24.3 Å². The van der Waals surface area contributed by atoms with Gasteiger partial charge >= 0.3 is 0 Å². The van der Waals surface area contributed by atoms with Gasteiger partial charge in [-0.15, -0.1) is 0 Å². The Kier molecular flexibility index (Phi) is 3.43. The third-order valence-electron chi connectivity index (χ3n) is 4.04. The Morgan fingerprint density at radius 3 is 1.76 bits per heavy atom. The van der Waals surface area contributed by atoms with Crippen LogP contribution in [0.15, 0.2) is 54.6 Å². The van der Waals surface area contributed by atoms with Gasteiger partial charge in [-0.05, 0) is 19.7 Å². The predicted molar refractivity (Wildman–Crippen MR) is 81.5 cm³/mol. The van der Waals surface area contributed by atoms with Crippen LogP contribution >= 0.6 is 0 Å². The largest absolute Gasteiger partial charge is 0.301 e. The highest BCUT2D eigenvalue weighted by Gasteiger charge is 2.44. The zero-order valence-corrected chi connectivity index (χ0v) is 12.1. The van der Waals surface area contributed by atoms with Gasteiger partial charge in [0.1, 0.15) is 5.92 Å². The number of rotatable bonds is 3. The minimum absolute atomic E-state index is 0.0712. The lowest BCUT2D eigenvalue weighted by Crippen LogP contribution is -2.33. The second kappa shape index (κ2) is 5.26. The Morgan fingerprint density at radius 1 is 0.810 bits per heavy atom. The fraction of sp³-hybridized carbons (Fsp3) is 0.222. The van der Waals surface area contributed by atoms with Gasteiger partial charge in [0.05, 0.1) is 6.04 Å². The molecule has 2 aromatic carbocycles. The number of Topliss-reactive ketones (excluding diaryl/α,β-unsaturated/α-hetero) is 2. The molecule has 0 saturated carbocycles. The quantitative estimate of drug-likeness (QED) is 0.811. The van der Waals surface area contributed by atoms with E-state index in [9.17, 15) is 9.59 Å². The molecule has 1 aliphatic carbocycles. The molecule has 0 amide bonds. The lowest BCUT2D eigenvalue weighted by atomic mass is 9.88. The van der Waals surface area contributed by atoms with Gasteiger partial charge in [-0.1, -0.05) is 54.6 Å². The molecule has 0 aliphatic heterocycles. The van der Waals surface area contributed by atoms with Crippen LogP contribution in [0.2, 0.25) is 0 Å². The minimum Gasteiger partial charge on any atom is -0.301 e. The molecule has 0 saturated heterocycles.